The van der Waals surface area contributed by atoms with Crippen LogP contribution in [0.25, 0.3) is 0 Å². The smallest absolute Gasteiger partial charge is 0.407 e. The highest BCUT2D eigenvalue weighted by atomic mass is 16.6. The van der Waals surface area contributed by atoms with Gasteiger partial charge in [0.25, 0.3) is 0 Å². The van der Waals surface area contributed by atoms with Gasteiger partial charge in [-0.2, -0.15) is 0 Å². The number of rotatable bonds is 9. The monoisotopic (exact) mass is 285 g/mol. The number of hydrogen-bond donors (Lipinski definition) is 1. The molecule has 0 aliphatic carbocycles. The number of carbonyl (C=O) groups excluding carboxylic acids is 3. The van der Waals surface area contributed by atoms with Gasteiger partial charge in [-0.25, -0.2) is 14.4 Å². The van der Waals surface area contributed by atoms with Crippen LogP contribution in [-0.4, -0.2) is 44.4 Å². The fourth-order valence-electron chi connectivity index (χ4n) is 0.927. The number of carbonyl (C=O) groups is 3. The van der Waals surface area contributed by atoms with E-state index in [2.05, 4.69) is 23.2 Å². The van der Waals surface area contributed by atoms with Gasteiger partial charge < -0.3 is 19.5 Å². The van der Waals surface area contributed by atoms with E-state index < -0.39 is 18.0 Å². The van der Waals surface area contributed by atoms with Crippen LogP contribution in [-0.2, 0) is 23.8 Å². The molecule has 0 rings (SSSR count). The summed E-state index contributed by atoms with van der Waals surface area (Å²) in [5, 5.41) is 2.40. The highest BCUT2D eigenvalue weighted by Crippen LogP contribution is 1.91. The third-order valence-corrected chi connectivity index (χ3v) is 1.89. The van der Waals surface area contributed by atoms with Crippen LogP contribution in [0.4, 0.5) is 4.79 Å². The van der Waals surface area contributed by atoms with Crippen molar-refractivity contribution in [2.45, 2.75) is 13.3 Å². The largest absolute Gasteiger partial charge is 0.462 e. The minimum Gasteiger partial charge on any atom is -0.462 e. The number of alkyl carbamates (subject to hydrolysis) is 1. The van der Waals surface area contributed by atoms with Crippen LogP contribution in [0.2, 0.25) is 0 Å². The number of hydrogen-bond acceptors (Lipinski definition) is 6. The van der Waals surface area contributed by atoms with Crippen molar-refractivity contribution in [1.29, 1.82) is 0 Å². The Balaban J connectivity index is 3.46. The lowest BCUT2D eigenvalue weighted by Gasteiger charge is -2.07. The van der Waals surface area contributed by atoms with E-state index in [1.54, 1.807) is 0 Å². The summed E-state index contributed by atoms with van der Waals surface area (Å²) in [6.07, 6.45) is 0.809. The van der Waals surface area contributed by atoms with E-state index in [0.717, 1.165) is 6.08 Å². The molecule has 1 N–H and O–H groups in total. The van der Waals surface area contributed by atoms with Crippen LogP contribution in [0.1, 0.15) is 13.3 Å². The first-order valence-corrected chi connectivity index (χ1v) is 5.99. The Morgan fingerprint density at radius 3 is 2.35 bits per heavy atom. The second kappa shape index (κ2) is 10.6. The van der Waals surface area contributed by atoms with Gasteiger partial charge in [0.15, 0.2) is 0 Å². The molecule has 0 unspecified atom stereocenters. The maximum Gasteiger partial charge on any atom is 0.407 e. The SMILES string of the molecule is C=CC(=O)OCCCOC(=O)NCCOC(=O)C(=C)C. The van der Waals surface area contributed by atoms with Crippen LogP contribution >= 0.6 is 0 Å². The molecular weight excluding hydrogens is 266 g/mol. The van der Waals surface area contributed by atoms with Crippen LogP contribution in [0.3, 0.4) is 0 Å². The summed E-state index contributed by atoms with van der Waals surface area (Å²) >= 11 is 0. The fourth-order valence-corrected chi connectivity index (χ4v) is 0.927. The minimum atomic E-state index is -0.633. The molecule has 0 saturated heterocycles. The summed E-state index contributed by atoms with van der Waals surface area (Å²) in [5.74, 6) is -1.03. The van der Waals surface area contributed by atoms with Gasteiger partial charge in [-0.3, -0.25) is 0 Å². The highest BCUT2D eigenvalue weighted by molar-refractivity contribution is 5.86. The van der Waals surface area contributed by atoms with Gasteiger partial charge in [-0.05, 0) is 6.92 Å². The average molecular weight is 285 g/mol. The first-order valence-electron chi connectivity index (χ1n) is 5.99. The molecule has 0 saturated carbocycles. The molecule has 0 aromatic rings. The summed E-state index contributed by atoms with van der Waals surface area (Å²) in [6, 6.07) is 0. The maximum absolute atomic E-state index is 11.2. The van der Waals surface area contributed by atoms with E-state index >= 15 is 0 Å². The van der Waals surface area contributed by atoms with Crippen LogP contribution in [0.15, 0.2) is 24.8 Å². The van der Waals surface area contributed by atoms with Gasteiger partial charge in [0.1, 0.15) is 6.61 Å². The molecule has 7 nitrogen and oxygen atoms in total. The molecular formula is C13H19NO6. The Morgan fingerprint density at radius 1 is 1.10 bits per heavy atom. The number of amides is 1. The average Bonchev–Trinajstić information content (AvgIpc) is 2.42. The highest BCUT2D eigenvalue weighted by Gasteiger charge is 2.04. The van der Waals surface area contributed by atoms with Gasteiger partial charge in [-0.1, -0.05) is 13.2 Å². The first kappa shape index (κ1) is 17.7. The number of ether oxygens (including phenoxy) is 3. The zero-order valence-electron chi connectivity index (χ0n) is 11.5. The van der Waals surface area contributed by atoms with E-state index in [9.17, 15) is 14.4 Å². The zero-order valence-corrected chi connectivity index (χ0v) is 11.5. The Morgan fingerprint density at radius 2 is 1.75 bits per heavy atom. The van der Waals surface area contributed by atoms with Gasteiger partial charge in [0.05, 0.1) is 19.8 Å². The Labute approximate surface area is 117 Å². The van der Waals surface area contributed by atoms with Gasteiger partial charge in [0, 0.05) is 18.1 Å². The van der Waals surface area contributed by atoms with E-state index in [1.165, 1.54) is 6.92 Å². The Hall–Kier alpha value is -2.31. The Bertz CT molecular complexity index is 377. The number of nitrogens with one attached hydrogen (secondary N) is 1. The molecule has 0 spiro atoms. The maximum atomic E-state index is 11.2. The van der Waals surface area contributed by atoms with Crippen molar-refractivity contribution in [1.82, 2.24) is 5.32 Å². The molecule has 0 radical (unpaired) electrons. The summed E-state index contributed by atoms with van der Waals surface area (Å²) in [7, 11) is 0. The van der Waals surface area contributed by atoms with Crippen LogP contribution in [0, 0.1) is 0 Å². The minimum absolute atomic E-state index is 0.0394. The van der Waals surface area contributed by atoms with Gasteiger partial charge >= 0.3 is 18.0 Å². The van der Waals surface area contributed by atoms with Crippen molar-refractivity contribution in [3.8, 4) is 0 Å². The van der Waals surface area contributed by atoms with E-state index in [1.807, 2.05) is 0 Å². The molecule has 0 aliphatic heterocycles. The lowest BCUT2D eigenvalue weighted by molar-refractivity contribution is -0.139. The van der Waals surface area contributed by atoms with Crippen LogP contribution < -0.4 is 5.32 Å². The molecule has 0 heterocycles. The summed E-state index contributed by atoms with van der Waals surface area (Å²) < 4.78 is 14.2. The summed E-state index contributed by atoms with van der Waals surface area (Å²) in [5.41, 5.74) is 0.293. The van der Waals surface area contributed by atoms with Crippen molar-refractivity contribution in [3.05, 3.63) is 24.8 Å². The van der Waals surface area contributed by atoms with Crippen molar-refractivity contribution >= 4 is 18.0 Å². The molecule has 112 valence electrons. The standard InChI is InChI=1S/C13H19NO6/c1-4-11(15)18-7-5-8-20-13(17)14-6-9-19-12(16)10(2)3/h4H,1-2,5-9H2,3H3,(H,14,17). The molecule has 20 heavy (non-hydrogen) atoms. The molecule has 0 fully saturated rings. The lowest BCUT2D eigenvalue weighted by Crippen LogP contribution is -2.29. The quantitative estimate of drug-likeness (QED) is 0.293. The summed E-state index contributed by atoms with van der Waals surface area (Å²) in [4.78, 5) is 32.8. The molecule has 0 aliphatic rings. The fraction of sp³-hybridized carbons (Fsp3) is 0.462. The molecule has 0 bridgehead atoms. The predicted octanol–water partition coefficient (Wildman–Crippen LogP) is 0.951. The van der Waals surface area contributed by atoms with Crippen LogP contribution in [0.5, 0.6) is 0 Å². The van der Waals surface area contributed by atoms with Crippen molar-refractivity contribution < 1.29 is 28.6 Å². The molecule has 0 atom stereocenters. The topological polar surface area (TPSA) is 90.9 Å². The molecule has 0 aromatic heterocycles. The first-order chi connectivity index (χ1) is 9.47. The molecule has 7 heteroatoms. The molecule has 0 aromatic carbocycles. The summed E-state index contributed by atoms with van der Waals surface area (Å²) in [6.45, 7) is 8.63. The molecule has 1 amide bonds. The van der Waals surface area contributed by atoms with E-state index in [-0.39, 0.29) is 26.4 Å². The zero-order chi connectivity index (χ0) is 15.4. The van der Waals surface area contributed by atoms with Gasteiger partial charge in [-0.15, -0.1) is 0 Å². The van der Waals surface area contributed by atoms with Crippen molar-refractivity contribution in [2.75, 3.05) is 26.4 Å². The second-order valence-electron chi connectivity index (χ2n) is 3.70. The lowest BCUT2D eigenvalue weighted by atomic mass is 10.4. The normalized spacial score (nSPS) is 9.25. The van der Waals surface area contributed by atoms with E-state index in [0.29, 0.717) is 12.0 Å². The second-order valence-corrected chi connectivity index (χ2v) is 3.70. The Kier molecular flexibility index (Phi) is 9.37. The van der Waals surface area contributed by atoms with Crippen molar-refractivity contribution in [2.24, 2.45) is 0 Å². The number of esters is 2. The third-order valence-electron chi connectivity index (χ3n) is 1.89. The van der Waals surface area contributed by atoms with Crippen molar-refractivity contribution in [3.63, 3.8) is 0 Å². The third kappa shape index (κ3) is 9.69. The predicted molar refractivity (Wildman–Crippen MR) is 70.9 cm³/mol. The van der Waals surface area contributed by atoms with Gasteiger partial charge in [0.2, 0.25) is 0 Å². The van der Waals surface area contributed by atoms with E-state index in [4.69, 9.17) is 9.47 Å².